The summed E-state index contributed by atoms with van der Waals surface area (Å²) in [6.45, 7) is 5.24. The highest BCUT2D eigenvalue weighted by Crippen LogP contribution is 2.31. The molecule has 19 heavy (non-hydrogen) atoms. The van der Waals surface area contributed by atoms with E-state index in [-0.39, 0.29) is 11.9 Å². The molecule has 0 spiro atoms. The van der Waals surface area contributed by atoms with Crippen LogP contribution in [0.1, 0.15) is 44.7 Å². The van der Waals surface area contributed by atoms with Crippen LogP contribution in [-0.2, 0) is 0 Å². The lowest BCUT2D eigenvalue weighted by atomic mass is 9.98. The van der Waals surface area contributed by atoms with Crippen LogP contribution in [0.25, 0.3) is 0 Å². The lowest BCUT2D eigenvalue weighted by Crippen LogP contribution is -2.29. The fraction of sp³-hybridized carbons (Fsp3) is 0.600. The van der Waals surface area contributed by atoms with Gasteiger partial charge in [0.1, 0.15) is 5.82 Å². The second-order valence-corrected chi connectivity index (χ2v) is 5.80. The van der Waals surface area contributed by atoms with Crippen molar-refractivity contribution in [1.29, 1.82) is 0 Å². The SMILES string of the molecule is CC(N)c1c(F)cccc1N1CCCC(C)(O)CC1. The lowest BCUT2D eigenvalue weighted by molar-refractivity contribution is 0.0481. The summed E-state index contributed by atoms with van der Waals surface area (Å²) in [4.78, 5) is 2.14. The van der Waals surface area contributed by atoms with Gasteiger partial charge in [0.25, 0.3) is 0 Å². The van der Waals surface area contributed by atoms with E-state index < -0.39 is 5.60 Å². The van der Waals surface area contributed by atoms with Crippen molar-refractivity contribution in [2.24, 2.45) is 5.73 Å². The topological polar surface area (TPSA) is 49.5 Å². The molecule has 2 rings (SSSR count). The Hall–Kier alpha value is -1.13. The molecule has 4 heteroatoms. The number of benzene rings is 1. The largest absolute Gasteiger partial charge is 0.390 e. The van der Waals surface area contributed by atoms with Gasteiger partial charge in [0.2, 0.25) is 0 Å². The van der Waals surface area contributed by atoms with Crippen molar-refractivity contribution in [1.82, 2.24) is 0 Å². The molecule has 1 aromatic carbocycles. The molecule has 1 fully saturated rings. The smallest absolute Gasteiger partial charge is 0.130 e. The molecule has 0 amide bonds. The van der Waals surface area contributed by atoms with Crippen molar-refractivity contribution in [2.45, 2.75) is 44.8 Å². The summed E-state index contributed by atoms with van der Waals surface area (Å²) in [5.41, 5.74) is 6.73. The van der Waals surface area contributed by atoms with Crippen LogP contribution in [0.3, 0.4) is 0 Å². The molecule has 1 aliphatic heterocycles. The van der Waals surface area contributed by atoms with E-state index in [9.17, 15) is 9.50 Å². The van der Waals surface area contributed by atoms with E-state index >= 15 is 0 Å². The minimum Gasteiger partial charge on any atom is -0.390 e. The summed E-state index contributed by atoms with van der Waals surface area (Å²) < 4.78 is 14.0. The molecule has 2 atom stereocenters. The average molecular weight is 266 g/mol. The molecule has 2 unspecified atom stereocenters. The summed E-state index contributed by atoms with van der Waals surface area (Å²) in [6.07, 6.45) is 2.39. The van der Waals surface area contributed by atoms with E-state index in [2.05, 4.69) is 4.90 Å². The number of halogens is 1. The van der Waals surface area contributed by atoms with Gasteiger partial charge >= 0.3 is 0 Å². The standard InChI is InChI=1S/C15H23FN2O/c1-11(17)14-12(16)5-3-6-13(14)18-9-4-7-15(2,19)8-10-18/h3,5-6,11,19H,4,7-10,17H2,1-2H3. The van der Waals surface area contributed by atoms with E-state index in [1.54, 1.807) is 13.0 Å². The maximum Gasteiger partial charge on any atom is 0.130 e. The van der Waals surface area contributed by atoms with Gasteiger partial charge in [0.15, 0.2) is 0 Å². The number of hydrogen-bond donors (Lipinski definition) is 2. The summed E-state index contributed by atoms with van der Waals surface area (Å²) in [5.74, 6) is -0.247. The zero-order chi connectivity index (χ0) is 14.0. The van der Waals surface area contributed by atoms with Gasteiger partial charge in [0.05, 0.1) is 5.60 Å². The predicted molar refractivity (Wildman–Crippen MR) is 75.7 cm³/mol. The van der Waals surface area contributed by atoms with E-state index in [0.717, 1.165) is 31.6 Å². The van der Waals surface area contributed by atoms with Gasteiger partial charge in [-0.25, -0.2) is 4.39 Å². The van der Waals surface area contributed by atoms with Crippen molar-refractivity contribution >= 4 is 5.69 Å². The van der Waals surface area contributed by atoms with Gasteiger partial charge < -0.3 is 15.7 Å². The van der Waals surface area contributed by atoms with Gasteiger partial charge in [-0.1, -0.05) is 6.07 Å². The molecule has 0 aromatic heterocycles. The second kappa shape index (κ2) is 5.47. The first-order chi connectivity index (χ1) is 8.91. The Morgan fingerprint density at radius 2 is 2.11 bits per heavy atom. The Morgan fingerprint density at radius 3 is 2.79 bits per heavy atom. The number of rotatable bonds is 2. The first-order valence-corrected chi connectivity index (χ1v) is 6.92. The van der Waals surface area contributed by atoms with Gasteiger partial charge in [0, 0.05) is 30.4 Å². The molecule has 0 aliphatic carbocycles. The van der Waals surface area contributed by atoms with Crippen molar-refractivity contribution < 1.29 is 9.50 Å². The van der Waals surface area contributed by atoms with Crippen molar-refractivity contribution in [3.63, 3.8) is 0 Å². The van der Waals surface area contributed by atoms with Gasteiger partial charge in [-0.2, -0.15) is 0 Å². The molecule has 3 N–H and O–H groups in total. The van der Waals surface area contributed by atoms with E-state index in [4.69, 9.17) is 5.73 Å². The second-order valence-electron chi connectivity index (χ2n) is 5.80. The Kier molecular flexibility index (Phi) is 4.11. The minimum atomic E-state index is -0.615. The first kappa shape index (κ1) is 14.3. The third kappa shape index (κ3) is 3.25. The minimum absolute atomic E-state index is 0.247. The number of nitrogens with two attached hydrogens (primary N) is 1. The molecule has 1 heterocycles. The Morgan fingerprint density at radius 1 is 1.37 bits per heavy atom. The van der Waals surface area contributed by atoms with Crippen LogP contribution in [0.4, 0.5) is 10.1 Å². The Bertz CT molecular complexity index is 446. The van der Waals surface area contributed by atoms with Crippen molar-refractivity contribution in [3.8, 4) is 0 Å². The summed E-state index contributed by atoms with van der Waals surface area (Å²) in [5, 5.41) is 10.1. The molecule has 0 radical (unpaired) electrons. The number of aliphatic hydroxyl groups is 1. The number of anilines is 1. The van der Waals surface area contributed by atoms with Crippen LogP contribution < -0.4 is 10.6 Å². The van der Waals surface area contributed by atoms with Crippen LogP contribution in [-0.4, -0.2) is 23.8 Å². The molecule has 1 aromatic rings. The van der Waals surface area contributed by atoms with Gasteiger partial charge in [-0.05, 0) is 45.2 Å². The van der Waals surface area contributed by atoms with E-state index in [0.29, 0.717) is 12.0 Å². The first-order valence-electron chi connectivity index (χ1n) is 6.92. The zero-order valence-electron chi connectivity index (χ0n) is 11.7. The van der Waals surface area contributed by atoms with Gasteiger partial charge in [-0.3, -0.25) is 0 Å². The average Bonchev–Trinajstić information content (AvgIpc) is 2.49. The Labute approximate surface area is 114 Å². The monoisotopic (exact) mass is 266 g/mol. The summed E-state index contributed by atoms with van der Waals surface area (Å²) in [6, 6.07) is 4.76. The van der Waals surface area contributed by atoms with E-state index in [1.807, 2.05) is 13.0 Å². The maximum atomic E-state index is 14.0. The highest BCUT2D eigenvalue weighted by atomic mass is 19.1. The number of hydrogen-bond acceptors (Lipinski definition) is 3. The van der Waals surface area contributed by atoms with Crippen LogP contribution in [0.2, 0.25) is 0 Å². The van der Waals surface area contributed by atoms with Crippen molar-refractivity contribution in [2.75, 3.05) is 18.0 Å². The third-order valence-corrected chi connectivity index (χ3v) is 3.89. The highest BCUT2D eigenvalue weighted by molar-refractivity contribution is 5.55. The molecular formula is C15H23FN2O. The molecular weight excluding hydrogens is 243 g/mol. The van der Waals surface area contributed by atoms with Crippen molar-refractivity contribution in [3.05, 3.63) is 29.6 Å². The molecule has 1 saturated heterocycles. The molecule has 1 aliphatic rings. The van der Waals surface area contributed by atoms with Crippen LogP contribution in [0, 0.1) is 5.82 Å². The fourth-order valence-corrected chi connectivity index (χ4v) is 2.76. The highest BCUT2D eigenvalue weighted by Gasteiger charge is 2.26. The quantitative estimate of drug-likeness (QED) is 0.865. The summed E-state index contributed by atoms with van der Waals surface area (Å²) in [7, 11) is 0. The molecule has 106 valence electrons. The Balaban J connectivity index is 2.29. The van der Waals surface area contributed by atoms with Crippen LogP contribution >= 0.6 is 0 Å². The van der Waals surface area contributed by atoms with E-state index in [1.165, 1.54) is 6.07 Å². The van der Waals surface area contributed by atoms with Crippen LogP contribution in [0.5, 0.6) is 0 Å². The van der Waals surface area contributed by atoms with Gasteiger partial charge in [-0.15, -0.1) is 0 Å². The predicted octanol–water partition coefficient (Wildman–Crippen LogP) is 2.59. The summed E-state index contributed by atoms with van der Waals surface area (Å²) >= 11 is 0. The molecule has 0 bridgehead atoms. The molecule has 0 saturated carbocycles. The normalized spacial score (nSPS) is 26.1. The lowest BCUT2D eigenvalue weighted by Gasteiger charge is -2.27. The maximum absolute atomic E-state index is 14.0. The zero-order valence-corrected chi connectivity index (χ0v) is 11.7. The number of nitrogens with zero attached hydrogens (tertiary/aromatic N) is 1. The molecule has 3 nitrogen and oxygen atoms in total. The fourth-order valence-electron chi connectivity index (χ4n) is 2.76. The third-order valence-electron chi connectivity index (χ3n) is 3.89. The van der Waals surface area contributed by atoms with Crippen LogP contribution in [0.15, 0.2) is 18.2 Å².